The number of nitriles is 1. The Kier molecular flexibility index (Phi) is 9.17. The summed E-state index contributed by atoms with van der Waals surface area (Å²) >= 11 is 0. The second kappa shape index (κ2) is 12.5. The van der Waals surface area contributed by atoms with E-state index in [0.29, 0.717) is 36.3 Å². The lowest BCUT2D eigenvalue weighted by Crippen LogP contribution is -2.39. The van der Waals surface area contributed by atoms with E-state index in [4.69, 9.17) is 9.47 Å². The Hall–Kier alpha value is -4.03. The maximum atomic E-state index is 15.4. The fourth-order valence-corrected chi connectivity index (χ4v) is 5.04. The molecule has 9 heteroatoms. The van der Waals surface area contributed by atoms with Crippen LogP contribution in [0.1, 0.15) is 70.4 Å². The van der Waals surface area contributed by atoms with Gasteiger partial charge < -0.3 is 19.5 Å². The second-order valence-corrected chi connectivity index (χ2v) is 12.4. The number of anilines is 1. The average molecular weight is 578 g/mol. The third-order valence-corrected chi connectivity index (χ3v) is 7.39. The molecule has 4 rings (SSSR count). The number of rotatable bonds is 9. The minimum Gasteiger partial charge on any atom is -0.490 e. The number of halogens is 2. The van der Waals surface area contributed by atoms with Gasteiger partial charge in [-0.1, -0.05) is 32.0 Å². The topological polar surface area (TPSA) is 95.7 Å². The molecule has 0 unspecified atom stereocenters. The fourth-order valence-electron chi connectivity index (χ4n) is 5.04. The number of hydrogen-bond acceptors (Lipinski definition) is 6. The number of carbonyl (C=O) groups is 1. The summed E-state index contributed by atoms with van der Waals surface area (Å²) in [6.45, 7) is 11.1. The summed E-state index contributed by atoms with van der Waals surface area (Å²) in [5.74, 6) is -2.10. The SMILES string of the molecule is CC1(C)CCN(c2c(-c3ccc(OCCc4ccc(F)cc4)c(F)c3)cnc(C#N)c2[C@H](OC(C)(C)C)C(=O)O)CC1. The van der Waals surface area contributed by atoms with E-state index in [9.17, 15) is 19.6 Å². The highest BCUT2D eigenvalue weighted by molar-refractivity contribution is 5.87. The van der Waals surface area contributed by atoms with Gasteiger partial charge in [0.25, 0.3) is 0 Å². The molecule has 1 aromatic heterocycles. The van der Waals surface area contributed by atoms with Crippen LogP contribution in [-0.2, 0) is 16.0 Å². The van der Waals surface area contributed by atoms with Crippen molar-refractivity contribution in [1.82, 2.24) is 4.98 Å². The van der Waals surface area contributed by atoms with Crippen molar-refractivity contribution in [3.05, 3.63) is 77.1 Å². The number of nitrogens with zero attached hydrogens (tertiary/aromatic N) is 3. The first-order valence-electron chi connectivity index (χ1n) is 14.0. The molecule has 0 amide bonds. The van der Waals surface area contributed by atoms with Crippen molar-refractivity contribution in [2.24, 2.45) is 5.41 Å². The molecular formula is C33H37F2N3O4. The van der Waals surface area contributed by atoms with Crippen LogP contribution in [0.25, 0.3) is 11.1 Å². The van der Waals surface area contributed by atoms with Gasteiger partial charge in [0.1, 0.15) is 17.6 Å². The number of carboxylic acid groups (broad SMARTS) is 1. The molecule has 1 atom stereocenters. The molecule has 2 aromatic carbocycles. The maximum Gasteiger partial charge on any atom is 0.337 e. The third-order valence-electron chi connectivity index (χ3n) is 7.39. The molecule has 1 aliphatic heterocycles. The Balaban J connectivity index is 1.75. The second-order valence-electron chi connectivity index (χ2n) is 12.4. The molecule has 0 bridgehead atoms. The Bertz CT molecular complexity index is 1470. The van der Waals surface area contributed by atoms with Crippen LogP contribution in [0.4, 0.5) is 14.5 Å². The van der Waals surface area contributed by atoms with Crippen LogP contribution < -0.4 is 9.64 Å². The quantitative estimate of drug-likeness (QED) is 0.290. The minimum atomic E-state index is -1.46. The van der Waals surface area contributed by atoms with E-state index in [1.165, 1.54) is 30.5 Å². The van der Waals surface area contributed by atoms with Gasteiger partial charge in [-0.05, 0) is 74.4 Å². The van der Waals surface area contributed by atoms with Gasteiger partial charge in [-0.25, -0.2) is 18.6 Å². The van der Waals surface area contributed by atoms with Crippen molar-refractivity contribution in [2.75, 3.05) is 24.6 Å². The number of ether oxygens (including phenoxy) is 2. The Labute approximate surface area is 245 Å². The van der Waals surface area contributed by atoms with E-state index in [-0.39, 0.29) is 34.8 Å². The first kappa shape index (κ1) is 30.9. The van der Waals surface area contributed by atoms with Crippen molar-refractivity contribution >= 4 is 11.7 Å². The van der Waals surface area contributed by atoms with E-state index in [2.05, 4.69) is 29.8 Å². The van der Waals surface area contributed by atoms with Gasteiger partial charge >= 0.3 is 5.97 Å². The predicted octanol–water partition coefficient (Wildman–Crippen LogP) is 7.09. The number of benzene rings is 2. The third kappa shape index (κ3) is 7.42. The summed E-state index contributed by atoms with van der Waals surface area (Å²) in [4.78, 5) is 19.0. The molecule has 0 saturated carbocycles. The number of hydrogen-bond donors (Lipinski definition) is 1. The Morgan fingerprint density at radius 3 is 2.38 bits per heavy atom. The van der Waals surface area contributed by atoms with Gasteiger partial charge in [-0.15, -0.1) is 0 Å². The lowest BCUT2D eigenvalue weighted by atomic mass is 9.82. The van der Waals surface area contributed by atoms with Crippen LogP contribution in [0.5, 0.6) is 5.75 Å². The molecule has 1 saturated heterocycles. The van der Waals surface area contributed by atoms with E-state index < -0.39 is 23.5 Å². The van der Waals surface area contributed by atoms with Crippen molar-refractivity contribution in [3.63, 3.8) is 0 Å². The van der Waals surface area contributed by atoms with Gasteiger partial charge in [-0.3, -0.25) is 0 Å². The molecule has 0 spiro atoms. The Morgan fingerprint density at radius 2 is 1.81 bits per heavy atom. The number of pyridine rings is 1. The number of aliphatic carboxylic acids is 1. The summed E-state index contributed by atoms with van der Waals surface area (Å²) in [6, 6.07) is 12.7. The number of piperidine rings is 1. The zero-order valence-corrected chi connectivity index (χ0v) is 24.7. The molecule has 0 radical (unpaired) electrons. The summed E-state index contributed by atoms with van der Waals surface area (Å²) < 4.78 is 40.2. The highest BCUT2D eigenvalue weighted by Crippen LogP contribution is 2.44. The van der Waals surface area contributed by atoms with Crippen molar-refractivity contribution in [3.8, 4) is 22.9 Å². The highest BCUT2D eigenvalue weighted by Gasteiger charge is 2.36. The normalized spacial score (nSPS) is 15.6. The Morgan fingerprint density at radius 1 is 1.14 bits per heavy atom. The molecule has 0 aliphatic carbocycles. The maximum absolute atomic E-state index is 15.4. The molecule has 1 fully saturated rings. The van der Waals surface area contributed by atoms with Gasteiger partial charge in [0.15, 0.2) is 17.7 Å². The van der Waals surface area contributed by atoms with Gasteiger partial charge in [0.2, 0.25) is 0 Å². The minimum absolute atomic E-state index is 0.0450. The lowest BCUT2D eigenvalue weighted by Gasteiger charge is -2.40. The summed E-state index contributed by atoms with van der Waals surface area (Å²) in [7, 11) is 0. The molecule has 7 nitrogen and oxygen atoms in total. The fraction of sp³-hybridized carbons (Fsp3) is 0.424. The van der Waals surface area contributed by atoms with Crippen LogP contribution in [-0.4, -0.2) is 41.4 Å². The first-order chi connectivity index (χ1) is 19.8. The standard InChI is InChI=1S/C33H37F2N3O4/c1-32(2,3)42-30(31(39)40)28-26(19-36)37-20-24(29(28)38-15-13-33(4,5)14-16-38)22-8-11-27(25(35)18-22)41-17-12-21-6-9-23(34)10-7-21/h6-11,18,20,30H,12-17H2,1-5H3,(H,39,40)/t30-/m0/s1. The van der Waals surface area contributed by atoms with Crippen LogP contribution in [0.15, 0.2) is 48.7 Å². The van der Waals surface area contributed by atoms with Crippen LogP contribution in [0.2, 0.25) is 0 Å². The summed E-state index contributed by atoms with van der Waals surface area (Å²) in [5, 5.41) is 20.3. The van der Waals surface area contributed by atoms with Crippen LogP contribution >= 0.6 is 0 Å². The van der Waals surface area contributed by atoms with Crippen LogP contribution in [0.3, 0.4) is 0 Å². The van der Waals surface area contributed by atoms with E-state index >= 15 is 4.39 Å². The molecule has 1 aliphatic rings. The monoisotopic (exact) mass is 577 g/mol. The van der Waals surface area contributed by atoms with E-state index in [0.717, 1.165) is 18.4 Å². The summed E-state index contributed by atoms with van der Waals surface area (Å²) in [5.41, 5.74) is 1.75. The van der Waals surface area contributed by atoms with Crippen molar-refractivity contribution in [1.29, 1.82) is 5.26 Å². The number of aromatic nitrogens is 1. The van der Waals surface area contributed by atoms with Crippen molar-refractivity contribution in [2.45, 2.75) is 65.6 Å². The first-order valence-corrected chi connectivity index (χ1v) is 14.0. The largest absolute Gasteiger partial charge is 0.490 e. The van der Waals surface area contributed by atoms with Gasteiger partial charge in [0, 0.05) is 31.3 Å². The molecule has 1 N–H and O–H groups in total. The molecular weight excluding hydrogens is 540 g/mol. The smallest absolute Gasteiger partial charge is 0.337 e. The zero-order chi connectivity index (χ0) is 30.7. The zero-order valence-electron chi connectivity index (χ0n) is 24.7. The average Bonchev–Trinajstić information content (AvgIpc) is 2.92. The van der Waals surface area contributed by atoms with Crippen molar-refractivity contribution < 1.29 is 28.2 Å². The summed E-state index contributed by atoms with van der Waals surface area (Å²) in [6.07, 6.45) is 2.21. The van der Waals surface area contributed by atoms with E-state index in [1.807, 2.05) is 0 Å². The van der Waals surface area contributed by atoms with E-state index in [1.54, 1.807) is 39.0 Å². The van der Waals surface area contributed by atoms with Crippen LogP contribution in [0, 0.1) is 28.4 Å². The molecule has 3 aromatic rings. The van der Waals surface area contributed by atoms with Gasteiger partial charge in [-0.2, -0.15) is 5.26 Å². The highest BCUT2D eigenvalue weighted by atomic mass is 19.1. The molecule has 222 valence electrons. The predicted molar refractivity (Wildman–Crippen MR) is 156 cm³/mol. The van der Waals surface area contributed by atoms with Gasteiger partial charge in [0.05, 0.1) is 23.5 Å². The lowest BCUT2D eigenvalue weighted by molar-refractivity contribution is -0.160. The molecule has 2 heterocycles. The number of carboxylic acids is 1. The molecule has 42 heavy (non-hydrogen) atoms.